The van der Waals surface area contributed by atoms with Gasteiger partial charge in [-0.1, -0.05) is 26.8 Å². The minimum Gasteiger partial charge on any atom is -0.271 e. The molecule has 0 bridgehead atoms. The van der Waals surface area contributed by atoms with Crippen molar-refractivity contribution in [2.24, 2.45) is 17.7 Å². The van der Waals surface area contributed by atoms with Gasteiger partial charge in [0.2, 0.25) is 0 Å². The van der Waals surface area contributed by atoms with E-state index in [9.17, 15) is 0 Å². The molecule has 3 N–H and O–H groups in total. The summed E-state index contributed by atoms with van der Waals surface area (Å²) in [6, 6.07) is 2.31. The molecule has 0 aliphatic heterocycles. The summed E-state index contributed by atoms with van der Waals surface area (Å²) in [5, 5.41) is 0. The Morgan fingerprint density at radius 3 is 2.40 bits per heavy atom. The lowest BCUT2D eigenvalue weighted by Crippen LogP contribution is -2.34. The van der Waals surface area contributed by atoms with Crippen molar-refractivity contribution in [2.75, 3.05) is 0 Å². The minimum absolute atomic E-state index is 0.178. The fourth-order valence-electron chi connectivity index (χ4n) is 1.68. The molecule has 0 saturated heterocycles. The van der Waals surface area contributed by atoms with Crippen LogP contribution in [-0.2, 0) is 0 Å². The van der Waals surface area contributed by atoms with E-state index in [1.807, 2.05) is 19.3 Å². The lowest BCUT2D eigenvalue weighted by atomic mass is 9.87. The molecule has 0 aliphatic carbocycles. The number of aromatic nitrogens is 1. The van der Waals surface area contributed by atoms with Crippen LogP contribution in [0.15, 0.2) is 18.5 Å². The molecule has 1 aromatic heterocycles. The van der Waals surface area contributed by atoms with Gasteiger partial charge in [0.1, 0.15) is 0 Å². The third kappa shape index (κ3) is 3.01. The number of nitrogens with zero attached hydrogens (tertiary/aromatic N) is 1. The molecule has 15 heavy (non-hydrogen) atoms. The molecule has 2 atom stereocenters. The summed E-state index contributed by atoms with van der Waals surface area (Å²) in [6.45, 7) is 8.66. The second-order valence-electron chi connectivity index (χ2n) is 4.54. The maximum absolute atomic E-state index is 5.62. The third-order valence-electron chi connectivity index (χ3n) is 3.01. The van der Waals surface area contributed by atoms with Crippen LogP contribution in [0.4, 0.5) is 0 Å². The average molecular weight is 207 g/mol. The summed E-state index contributed by atoms with van der Waals surface area (Å²) in [6.07, 6.45) is 3.74. The monoisotopic (exact) mass is 207 g/mol. The number of hydrogen-bond donors (Lipinski definition) is 2. The molecule has 84 valence electrons. The lowest BCUT2D eigenvalue weighted by Gasteiger charge is -2.26. The second-order valence-corrected chi connectivity index (χ2v) is 4.54. The number of aryl methyl sites for hydroxylation is 1. The van der Waals surface area contributed by atoms with Crippen molar-refractivity contribution in [3.8, 4) is 0 Å². The van der Waals surface area contributed by atoms with Crippen LogP contribution in [0.1, 0.15) is 37.9 Å². The Morgan fingerprint density at radius 2 is 1.93 bits per heavy atom. The molecule has 0 aromatic carbocycles. The molecule has 0 saturated carbocycles. The van der Waals surface area contributed by atoms with Crippen molar-refractivity contribution >= 4 is 0 Å². The van der Waals surface area contributed by atoms with Crippen molar-refractivity contribution in [2.45, 2.75) is 33.7 Å². The molecule has 3 nitrogen and oxygen atoms in total. The first-order valence-corrected chi connectivity index (χ1v) is 5.44. The Kier molecular flexibility index (Phi) is 4.24. The largest absolute Gasteiger partial charge is 0.271 e. The molecular weight excluding hydrogens is 186 g/mol. The van der Waals surface area contributed by atoms with E-state index in [-0.39, 0.29) is 6.04 Å². The zero-order valence-corrected chi connectivity index (χ0v) is 9.99. The molecule has 0 amide bonds. The highest BCUT2D eigenvalue weighted by molar-refractivity contribution is 5.20. The Labute approximate surface area is 92.1 Å². The Morgan fingerprint density at radius 1 is 1.27 bits per heavy atom. The molecule has 3 heteroatoms. The van der Waals surface area contributed by atoms with Gasteiger partial charge in [0, 0.05) is 12.4 Å². The van der Waals surface area contributed by atoms with Crippen molar-refractivity contribution in [3.05, 3.63) is 29.6 Å². The van der Waals surface area contributed by atoms with E-state index in [2.05, 4.69) is 37.2 Å². The van der Waals surface area contributed by atoms with E-state index in [0.29, 0.717) is 11.8 Å². The van der Waals surface area contributed by atoms with Gasteiger partial charge < -0.3 is 0 Å². The molecular formula is C12H21N3. The number of hydrazine groups is 1. The van der Waals surface area contributed by atoms with Gasteiger partial charge in [-0.25, -0.2) is 0 Å². The highest BCUT2D eigenvalue weighted by Gasteiger charge is 2.20. The van der Waals surface area contributed by atoms with Crippen LogP contribution in [0.5, 0.6) is 0 Å². The maximum Gasteiger partial charge on any atom is 0.0503 e. The summed E-state index contributed by atoms with van der Waals surface area (Å²) in [7, 11) is 0. The molecule has 0 radical (unpaired) electrons. The van der Waals surface area contributed by atoms with Crippen molar-refractivity contribution in [1.29, 1.82) is 0 Å². The average Bonchev–Trinajstić information content (AvgIpc) is 2.18. The Bertz CT molecular complexity index is 309. The van der Waals surface area contributed by atoms with Crippen LogP contribution in [0.25, 0.3) is 0 Å². The Balaban J connectivity index is 2.92. The highest BCUT2D eigenvalue weighted by atomic mass is 15.2. The fraction of sp³-hybridized carbons (Fsp3) is 0.583. The normalized spacial score (nSPS) is 15.3. The topological polar surface area (TPSA) is 50.9 Å². The van der Waals surface area contributed by atoms with Crippen molar-refractivity contribution < 1.29 is 0 Å². The van der Waals surface area contributed by atoms with Gasteiger partial charge in [-0.05, 0) is 29.9 Å². The smallest absolute Gasteiger partial charge is 0.0503 e. The first kappa shape index (κ1) is 12.1. The van der Waals surface area contributed by atoms with E-state index in [1.54, 1.807) is 0 Å². The van der Waals surface area contributed by atoms with Crippen LogP contribution in [0, 0.1) is 18.8 Å². The van der Waals surface area contributed by atoms with Crippen LogP contribution in [0.3, 0.4) is 0 Å². The van der Waals surface area contributed by atoms with E-state index < -0.39 is 0 Å². The number of pyridine rings is 1. The summed E-state index contributed by atoms with van der Waals surface area (Å²) in [5.74, 6) is 6.69. The predicted octanol–water partition coefficient (Wildman–Crippen LogP) is 2.19. The van der Waals surface area contributed by atoms with Crippen LogP contribution < -0.4 is 11.3 Å². The first-order valence-electron chi connectivity index (χ1n) is 5.44. The van der Waals surface area contributed by atoms with Crippen molar-refractivity contribution in [3.63, 3.8) is 0 Å². The molecule has 2 unspecified atom stereocenters. The number of hydrogen-bond acceptors (Lipinski definition) is 3. The minimum atomic E-state index is 0.178. The summed E-state index contributed by atoms with van der Waals surface area (Å²) in [4.78, 5) is 4.20. The number of nitrogens with one attached hydrogen (secondary N) is 1. The van der Waals surface area contributed by atoms with Gasteiger partial charge in [-0.15, -0.1) is 0 Å². The standard InChI is InChI=1S/C12H21N3/c1-8(2)10(4)12(15-13)11-5-9(3)6-14-7-11/h5-8,10,12,15H,13H2,1-4H3. The number of nitrogens with two attached hydrogens (primary N) is 1. The number of rotatable bonds is 4. The second kappa shape index (κ2) is 5.24. The maximum atomic E-state index is 5.62. The first-order chi connectivity index (χ1) is 7.06. The highest BCUT2D eigenvalue weighted by Crippen LogP contribution is 2.26. The summed E-state index contributed by atoms with van der Waals surface area (Å²) >= 11 is 0. The van der Waals surface area contributed by atoms with Crippen LogP contribution in [0.2, 0.25) is 0 Å². The van der Waals surface area contributed by atoms with Gasteiger partial charge in [0.15, 0.2) is 0 Å². The molecule has 1 heterocycles. The quantitative estimate of drug-likeness (QED) is 0.588. The van der Waals surface area contributed by atoms with Gasteiger partial charge in [-0.3, -0.25) is 16.3 Å². The van der Waals surface area contributed by atoms with Crippen LogP contribution in [-0.4, -0.2) is 4.98 Å². The van der Waals surface area contributed by atoms with Gasteiger partial charge >= 0.3 is 0 Å². The van der Waals surface area contributed by atoms with E-state index in [1.165, 1.54) is 11.1 Å². The Hall–Kier alpha value is -0.930. The predicted molar refractivity (Wildman–Crippen MR) is 63.0 cm³/mol. The van der Waals surface area contributed by atoms with Gasteiger partial charge in [-0.2, -0.15) is 0 Å². The zero-order chi connectivity index (χ0) is 11.4. The molecule has 0 fully saturated rings. The fourth-order valence-corrected chi connectivity index (χ4v) is 1.68. The molecule has 1 aromatic rings. The lowest BCUT2D eigenvalue weighted by molar-refractivity contribution is 0.306. The SMILES string of the molecule is Cc1cncc(C(NN)C(C)C(C)C)c1. The van der Waals surface area contributed by atoms with E-state index in [4.69, 9.17) is 5.84 Å². The summed E-state index contributed by atoms with van der Waals surface area (Å²) in [5.41, 5.74) is 5.22. The molecule has 0 aliphatic rings. The van der Waals surface area contributed by atoms with Crippen molar-refractivity contribution in [1.82, 2.24) is 10.4 Å². The van der Waals surface area contributed by atoms with E-state index in [0.717, 1.165) is 0 Å². The molecule has 0 spiro atoms. The van der Waals surface area contributed by atoms with E-state index >= 15 is 0 Å². The van der Waals surface area contributed by atoms with Gasteiger partial charge in [0.05, 0.1) is 6.04 Å². The van der Waals surface area contributed by atoms with Crippen LogP contribution >= 0.6 is 0 Å². The summed E-state index contributed by atoms with van der Waals surface area (Å²) < 4.78 is 0. The molecule has 1 rings (SSSR count). The zero-order valence-electron chi connectivity index (χ0n) is 9.99. The van der Waals surface area contributed by atoms with Gasteiger partial charge in [0.25, 0.3) is 0 Å². The third-order valence-corrected chi connectivity index (χ3v) is 3.01.